The molecule has 1 heterocycles. The van der Waals surface area contributed by atoms with Crippen LogP contribution in [0.15, 0.2) is 36.4 Å². The Balaban J connectivity index is 1.84. The average molecular weight is 433 g/mol. The summed E-state index contributed by atoms with van der Waals surface area (Å²) in [5.41, 5.74) is 2.92. The van der Waals surface area contributed by atoms with Crippen LogP contribution in [0.1, 0.15) is 52.7 Å². The van der Waals surface area contributed by atoms with E-state index in [4.69, 9.17) is 28.2 Å². The molecule has 3 aromatic rings. The summed E-state index contributed by atoms with van der Waals surface area (Å²) in [5.74, 6) is 0.254. The smallest absolute Gasteiger partial charge is 0.181 e. The van der Waals surface area contributed by atoms with E-state index in [-0.39, 0.29) is 11.5 Å². The number of thiazole rings is 1. The molecule has 1 radical (unpaired) electrons. The predicted octanol–water partition coefficient (Wildman–Crippen LogP) is 7.51. The van der Waals surface area contributed by atoms with Gasteiger partial charge in [0.05, 0.1) is 10.7 Å². The lowest BCUT2D eigenvalue weighted by Crippen LogP contribution is -2.03. The van der Waals surface area contributed by atoms with Crippen LogP contribution in [0, 0.1) is 6.92 Å². The van der Waals surface area contributed by atoms with E-state index in [1.807, 2.05) is 6.07 Å². The number of Topliss-reactive ketones (excluding diaryl/α,β-unsaturated/α-hetero) is 1. The van der Waals surface area contributed by atoms with E-state index in [1.165, 1.54) is 6.07 Å². The first kappa shape index (κ1) is 20.8. The maximum atomic E-state index is 12.6. The lowest BCUT2D eigenvalue weighted by atomic mass is 10.0. The highest BCUT2D eigenvalue weighted by molar-refractivity contribution is 7.15. The second kappa shape index (κ2) is 8.64. The highest BCUT2D eigenvalue weighted by atomic mass is 35.5. The number of carbonyl (C=O) groups excluding carboxylic acids is 1. The van der Waals surface area contributed by atoms with Crippen molar-refractivity contribution in [3.8, 4) is 16.3 Å². The zero-order valence-corrected chi connectivity index (χ0v) is 18.2. The van der Waals surface area contributed by atoms with Crippen molar-refractivity contribution < 1.29 is 9.90 Å². The summed E-state index contributed by atoms with van der Waals surface area (Å²) in [6, 6.07) is 10.1. The molecule has 1 aromatic heterocycles. The van der Waals surface area contributed by atoms with Gasteiger partial charge in [-0.25, -0.2) is 4.98 Å². The van der Waals surface area contributed by atoms with E-state index in [0.29, 0.717) is 39.9 Å². The van der Waals surface area contributed by atoms with E-state index in [0.717, 1.165) is 21.1 Å². The van der Waals surface area contributed by atoms with Crippen LogP contribution in [0.5, 0.6) is 5.75 Å². The second-order valence-corrected chi connectivity index (χ2v) is 8.89. The number of ketones is 1. The Kier molecular flexibility index (Phi) is 6.43. The van der Waals surface area contributed by atoms with Gasteiger partial charge in [-0.1, -0.05) is 37.0 Å². The van der Waals surface area contributed by atoms with Crippen molar-refractivity contribution in [1.82, 2.24) is 4.98 Å². The summed E-state index contributed by atoms with van der Waals surface area (Å²) >= 11 is 13.9. The van der Waals surface area contributed by atoms with Crippen molar-refractivity contribution in [3.05, 3.63) is 68.1 Å². The number of nitrogens with zero attached hydrogens (tertiary/aromatic N) is 1. The summed E-state index contributed by atoms with van der Waals surface area (Å²) in [5, 5.41) is 13.5. The molecule has 0 bridgehead atoms. The Hall–Kier alpha value is -1.88. The molecule has 0 saturated heterocycles. The Bertz CT molecular complexity index is 1030. The standard InChI is InChI=1S/C22H20Cl2NO2S/c1-12(2)21-18(7-9-20(27)14-4-8-19(26)13(3)10-14)25-22(28-21)16-6-5-15(23)11-17(16)24/h4-6,8,10-12H,7,9H2,1-3H3. The minimum Gasteiger partial charge on any atom is -0.294 e. The molecular weight excluding hydrogens is 413 g/mol. The van der Waals surface area contributed by atoms with E-state index >= 15 is 0 Å². The van der Waals surface area contributed by atoms with Crippen molar-refractivity contribution in [1.29, 1.82) is 0 Å². The van der Waals surface area contributed by atoms with Gasteiger partial charge in [0.1, 0.15) is 5.01 Å². The fraction of sp³-hybridized carbons (Fsp3) is 0.273. The number of rotatable bonds is 6. The minimum atomic E-state index is -0.0531. The maximum absolute atomic E-state index is 12.6. The van der Waals surface area contributed by atoms with Gasteiger partial charge in [0.25, 0.3) is 0 Å². The average Bonchev–Trinajstić information content (AvgIpc) is 3.06. The fourth-order valence-corrected chi connectivity index (χ4v) is 4.68. The molecule has 0 atom stereocenters. The molecule has 28 heavy (non-hydrogen) atoms. The highest BCUT2D eigenvalue weighted by Crippen LogP contribution is 2.37. The van der Waals surface area contributed by atoms with Gasteiger partial charge in [-0.15, -0.1) is 11.3 Å². The Labute approximate surface area is 179 Å². The molecular formula is C22H20Cl2NO2S. The third kappa shape index (κ3) is 4.57. The normalized spacial score (nSPS) is 11.2. The minimum absolute atomic E-state index is 0.0110. The number of hydrogen-bond donors (Lipinski definition) is 0. The number of aromatic nitrogens is 1. The summed E-state index contributed by atoms with van der Waals surface area (Å²) < 4.78 is 0. The van der Waals surface area contributed by atoms with Crippen molar-refractivity contribution >= 4 is 40.3 Å². The van der Waals surface area contributed by atoms with E-state index in [2.05, 4.69) is 13.8 Å². The van der Waals surface area contributed by atoms with Crippen molar-refractivity contribution in [2.75, 3.05) is 0 Å². The lowest BCUT2D eigenvalue weighted by Gasteiger charge is -2.05. The van der Waals surface area contributed by atoms with Gasteiger partial charge in [-0.3, -0.25) is 9.90 Å². The Morgan fingerprint density at radius 2 is 1.89 bits per heavy atom. The van der Waals surface area contributed by atoms with E-state index in [1.54, 1.807) is 42.5 Å². The third-order valence-electron chi connectivity index (χ3n) is 4.50. The van der Waals surface area contributed by atoms with Crippen LogP contribution in [0.25, 0.3) is 10.6 Å². The number of carbonyl (C=O) groups is 1. The Morgan fingerprint density at radius 1 is 1.14 bits per heavy atom. The molecule has 3 rings (SSSR count). The molecule has 3 nitrogen and oxygen atoms in total. The zero-order valence-electron chi connectivity index (χ0n) is 15.9. The molecule has 0 spiro atoms. The van der Waals surface area contributed by atoms with Crippen LogP contribution >= 0.6 is 34.5 Å². The first-order chi connectivity index (χ1) is 13.3. The van der Waals surface area contributed by atoms with Gasteiger partial charge in [0, 0.05) is 27.4 Å². The summed E-state index contributed by atoms with van der Waals surface area (Å²) in [4.78, 5) is 18.5. The molecule has 0 N–H and O–H groups in total. The van der Waals surface area contributed by atoms with Crippen LogP contribution in [-0.4, -0.2) is 10.8 Å². The highest BCUT2D eigenvalue weighted by Gasteiger charge is 2.18. The number of aryl methyl sites for hydroxylation is 2. The first-order valence-corrected chi connectivity index (χ1v) is 10.6. The fourth-order valence-electron chi connectivity index (χ4n) is 2.97. The quantitative estimate of drug-likeness (QED) is 0.378. The van der Waals surface area contributed by atoms with Crippen molar-refractivity contribution in [3.63, 3.8) is 0 Å². The van der Waals surface area contributed by atoms with E-state index < -0.39 is 0 Å². The number of hydrogen-bond acceptors (Lipinski definition) is 3. The van der Waals surface area contributed by atoms with Gasteiger partial charge in [-0.05, 0) is 61.2 Å². The second-order valence-electron chi connectivity index (χ2n) is 7.01. The van der Waals surface area contributed by atoms with Gasteiger partial charge in [0.2, 0.25) is 0 Å². The molecule has 0 fully saturated rings. The van der Waals surface area contributed by atoms with Crippen LogP contribution in [0.3, 0.4) is 0 Å². The monoisotopic (exact) mass is 432 g/mol. The van der Waals surface area contributed by atoms with E-state index in [9.17, 15) is 9.90 Å². The molecule has 0 unspecified atom stereocenters. The molecule has 0 saturated carbocycles. The largest absolute Gasteiger partial charge is 0.294 e. The predicted molar refractivity (Wildman–Crippen MR) is 116 cm³/mol. The summed E-state index contributed by atoms with van der Waals surface area (Å²) in [6.45, 7) is 5.95. The topological polar surface area (TPSA) is 49.9 Å². The molecule has 0 amide bonds. The Morgan fingerprint density at radius 3 is 2.54 bits per heavy atom. The number of benzene rings is 2. The van der Waals surface area contributed by atoms with Gasteiger partial charge in [-0.2, -0.15) is 0 Å². The molecule has 145 valence electrons. The molecule has 0 aliphatic heterocycles. The summed E-state index contributed by atoms with van der Waals surface area (Å²) in [7, 11) is 0. The SMILES string of the molecule is Cc1cc(C(=O)CCc2nc(-c3ccc(Cl)cc3Cl)sc2C(C)C)ccc1[O]. The summed E-state index contributed by atoms with van der Waals surface area (Å²) in [6.07, 6.45) is 0.890. The third-order valence-corrected chi connectivity index (χ3v) is 6.48. The van der Waals surface area contributed by atoms with Crippen LogP contribution in [0.4, 0.5) is 0 Å². The number of halogens is 2. The molecule has 2 aromatic carbocycles. The van der Waals surface area contributed by atoms with Crippen molar-refractivity contribution in [2.24, 2.45) is 0 Å². The van der Waals surface area contributed by atoms with Crippen LogP contribution in [-0.2, 0) is 11.5 Å². The van der Waals surface area contributed by atoms with Gasteiger partial charge >= 0.3 is 0 Å². The zero-order chi connectivity index (χ0) is 20.4. The van der Waals surface area contributed by atoms with Crippen molar-refractivity contribution in [2.45, 2.75) is 39.5 Å². The van der Waals surface area contributed by atoms with Gasteiger partial charge < -0.3 is 0 Å². The first-order valence-electron chi connectivity index (χ1n) is 9.02. The maximum Gasteiger partial charge on any atom is 0.181 e. The van der Waals surface area contributed by atoms with Gasteiger partial charge in [0.15, 0.2) is 11.5 Å². The lowest BCUT2D eigenvalue weighted by molar-refractivity contribution is 0.0982. The molecule has 6 heteroatoms. The molecule has 0 aliphatic rings. The molecule has 0 aliphatic carbocycles. The van der Waals surface area contributed by atoms with Crippen LogP contribution in [0.2, 0.25) is 10.0 Å². The van der Waals surface area contributed by atoms with Crippen LogP contribution < -0.4 is 0 Å².